The Hall–Kier alpha value is -0.480. The maximum absolute atomic E-state index is 8.99. The molecule has 1 nitrogen and oxygen atoms in total. The van der Waals surface area contributed by atoms with Crippen LogP contribution in [0.15, 0.2) is 0 Å². The largest absolute Gasteiger partial charge is 0.380 e. The molecular weight excluding hydrogens is 124 g/mol. The molecular formula is C9H16O. The van der Waals surface area contributed by atoms with Gasteiger partial charge in [0.05, 0.1) is 0 Å². The molecule has 0 rings (SSSR count). The monoisotopic (exact) mass is 140 g/mol. The minimum absolute atomic E-state index is 0.276. The first-order chi connectivity index (χ1) is 4.45. The van der Waals surface area contributed by atoms with Gasteiger partial charge in [-0.1, -0.05) is 26.7 Å². The molecule has 1 N–H and O–H groups in total. The van der Waals surface area contributed by atoms with Crippen molar-refractivity contribution in [3.05, 3.63) is 0 Å². The molecule has 0 saturated heterocycles. The lowest BCUT2D eigenvalue weighted by molar-refractivity contribution is 0.196. The van der Waals surface area contributed by atoms with Gasteiger partial charge in [-0.3, -0.25) is 0 Å². The van der Waals surface area contributed by atoms with Crippen molar-refractivity contribution in [2.75, 3.05) is 0 Å². The van der Waals surface area contributed by atoms with Crippen molar-refractivity contribution < 1.29 is 5.11 Å². The Kier molecular flexibility index (Phi) is 3.46. The predicted molar refractivity (Wildman–Crippen MR) is 43.5 cm³/mol. The standard InChI is InChI=1S/C9H16O/c1-5-8(10)6-7-9(2,3)4/h1,8,10H,6-7H2,2-4H3. The molecule has 0 bridgehead atoms. The van der Waals surface area contributed by atoms with Crippen LogP contribution in [0.2, 0.25) is 0 Å². The number of hydrogen-bond acceptors (Lipinski definition) is 1. The van der Waals surface area contributed by atoms with Crippen LogP contribution in [0.1, 0.15) is 33.6 Å². The van der Waals surface area contributed by atoms with Gasteiger partial charge >= 0.3 is 0 Å². The first-order valence-electron chi connectivity index (χ1n) is 3.60. The Labute approximate surface area is 63.5 Å². The van der Waals surface area contributed by atoms with Crippen molar-refractivity contribution in [3.63, 3.8) is 0 Å². The van der Waals surface area contributed by atoms with E-state index in [-0.39, 0.29) is 5.41 Å². The summed E-state index contributed by atoms with van der Waals surface area (Å²) in [6, 6.07) is 0. The number of aliphatic hydroxyl groups excluding tert-OH is 1. The third-order valence-corrected chi connectivity index (χ3v) is 1.36. The molecule has 0 aromatic heterocycles. The van der Waals surface area contributed by atoms with Gasteiger partial charge in [-0.2, -0.15) is 0 Å². The fourth-order valence-electron chi connectivity index (χ4n) is 0.653. The van der Waals surface area contributed by atoms with Crippen LogP contribution in [0.3, 0.4) is 0 Å². The van der Waals surface area contributed by atoms with Crippen LogP contribution in [0.25, 0.3) is 0 Å². The van der Waals surface area contributed by atoms with E-state index < -0.39 is 6.10 Å². The zero-order chi connectivity index (χ0) is 8.20. The third-order valence-electron chi connectivity index (χ3n) is 1.36. The molecule has 0 amide bonds. The second kappa shape index (κ2) is 3.63. The normalized spacial score (nSPS) is 14.3. The zero-order valence-corrected chi connectivity index (χ0v) is 7.02. The van der Waals surface area contributed by atoms with E-state index in [0.29, 0.717) is 6.42 Å². The summed E-state index contributed by atoms with van der Waals surface area (Å²) in [5.74, 6) is 2.29. The summed E-state index contributed by atoms with van der Waals surface area (Å²) < 4.78 is 0. The van der Waals surface area contributed by atoms with Crippen molar-refractivity contribution >= 4 is 0 Å². The van der Waals surface area contributed by atoms with Gasteiger partial charge < -0.3 is 5.11 Å². The van der Waals surface area contributed by atoms with E-state index in [2.05, 4.69) is 26.7 Å². The summed E-state index contributed by atoms with van der Waals surface area (Å²) >= 11 is 0. The summed E-state index contributed by atoms with van der Waals surface area (Å²) in [5, 5.41) is 8.99. The first-order valence-corrected chi connectivity index (χ1v) is 3.60. The average Bonchev–Trinajstić information content (AvgIpc) is 1.81. The van der Waals surface area contributed by atoms with E-state index in [1.54, 1.807) is 0 Å². The fraction of sp³-hybridized carbons (Fsp3) is 0.778. The highest BCUT2D eigenvalue weighted by Crippen LogP contribution is 2.21. The second-order valence-electron chi connectivity index (χ2n) is 3.78. The van der Waals surface area contributed by atoms with E-state index in [1.165, 1.54) is 0 Å². The van der Waals surface area contributed by atoms with Gasteiger partial charge in [-0.15, -0.1) is 6.42 Å². The van der Waals surface area contributed by atoms with E-state index in [9.17, 15) is 0 Å². The van der Waals surface area contributed by atoms with E-state index in [4.69, 9.17) is 11.5 Å². The van der Waals surface area contributed by atoms with Crippen molar-refractivity contribution in [1.82, 2.24) is 0 Å². The lowest BCUT2D eigenvalue weighted by Crippen LogP contribution is -2.10. The molecule has 1 unspecified atom stereocenters. The Balaban J connectivity index is 3.48. The van der Waals surface area contributed by atoms with Gasteiger partial charge in [0.2, 0.25) is 0 Å². The molecule has 0 heterocycles. The second-order valence-corrected chi connectivity index (χ2v) is 3.78. The van der Waals surface area contributed by atoms with Gasteiger partial charge in [0, 0.05) is 0 Å². The quantitative estimate of drug-likeness (QED) is 0.580. The van der Waals surface area contributed by atoms with E-state index in [0.717, 1.165) is 6.42 Å². The molecule has 0 saturated carbocycles. The summed E-state index contributed by atoms with van der Waals surface area (Å²) in [4.78, 5) is 0. The molecule has 0 aromatic rings. The minimum Gasteiger partial charge on any atom is -0.380 e. The third kappa shape index (κ3) is 5.65. The van der Waals surface area contributed by atoms with Gasteiger partial charge in [0.25, 0.3) is 0 Å². The van der Waals surface area contributed by atoms with Gasteiger partial charge in [-0.25, -0.2) is 0 Å². The molecule has 10 heavy (non-hydrogen) atoms. The number of aliphatic hydroxyl groups is 1. The van der Waals surface area contributed by atoms with Crippen LogP contribution in [-0.4, -0.2) is 11.2 Å². The molecule has 0 aliphatic rings. The van der Waals surface area contributed by atoms with Gasteiger partial charge in [-0.05, 0) is 18.3 Å². The predicted octanol–water partition coefficient (Wildman–Crippen LogP) is 1.81. The Bertz CT molecular complexity index is 125. The highest BCUT2D eigenvalue weighted by atomic mass is 16.3. The molecule has 0 radical (unpaired) electrons. The first kappa shape index (κ1) is 9.52. The molecule has 1 heteroatoms. The minimum atomic E-state index is -0.556. The zero-order valence-electron chi connectivity index (χ0n) is 7.02. The van der Waals surface area contributed by atoms with Crippen molar-refractivity contribution in [1.29, 1.82) is 0 Å². The lowest BCUT2D eigenvalue weighted by Gasteiger charge is -2.18. The fourth-order valence-corrected chi connectivity index (χ4v) is 0.653. The number of hydrogen-bond donors (Lipinski definition) is 1. The summed E-state index contributed by atoms with van der Waals surface area (Å²) in [5.41, 5.74) is 0.276. The van der Waals surface area contributed by atoms with Crippen LogP contribution in [0.4, 0.5) is 0 Å². The maximum atomic E-state index is 8.99. The lowest BCUT2D eigenvalue weighted by atomic mass is 9.89. The Morgan fingerprint density at radius 1 is 1.50 bits per heavy atom. The Morgan fingerprint density at radius 2 is 2.00 bits per heavy atom. The summed E-state index contributed by atoms with van der Waals surface area (Å²) in [6.45, 7) is 6.41. The van der Waals surface area contributed by atoms with Crippen molar-refractivity contribution in [2.45, 2.75) is 39.7 Å². The molecule has 0 aliphatic heterocycles. The summed E-state index contributed by atoms with van der Waals surface area (Å²) in [7, 11) is 0. The number of rotatable bonds is 2. The Morgan fingerprint density at radius 3 is 2.30 bits per heavy atom. The average molecular weight is 140 g/mol. The van der Waals surface area contributed by atoms with Crippen molar-refractivity contribution in [2.24, 2.45) is 5.41 Å². The number of terminal acetylenes is 1. The molecule has 0 spiro atoms. The van der Waals surface area contributed by atoms with Gasteiger partial charge in [0.15, 0.2) is 0 Å². The highest BCUT2D eigenvalue weighted by Gasteiger charge is 2.11. The van der Waals surface area contributed by atoms with E-state index >= 15 is 0 Å². The topological polar surface area (TPSA) is 20.2 Å². The van der Waals surface area contributed by atoms with Crippen LogP contribution < -0.4 is 0 Å². The molecule has 58 valence electrons. The van der Waals surface area contributed by atoms with Crippen molar-refractivity contribution in [3.8, 4) is 12.3 Å². The highest BCUT2D eigenvalue weighted by molar-refractivity contribution is 4.93. The molecule has 0 fully saturated rings. The van der Waals surface area contributed by atoms with Crippen LogP contribution in [0.5, 0.6) is 0 Å². The summed E-state index contributed by atoms with van der Waals surface area (Å²) in [6.07, 6.45) is 6.12. The SMILES string of the molecule is C#CC(O)CCC(C)(C)C. The molecule has 0 aromatic carbocycles. The smallest absolute Gasteiger partial charge is 0.114 e. The van der Waals surface area contributed by atoms with Gasteiger partial charge in [0.1, 0.15) is 6.10 Å². The van der Waals surface area contributed by atoms with Crippen LogP contribution in [0, 0.1) is 17.8 Å². The van der Waals surface area contributed by atoms with Crippen LogP contribution in [-0.2, 0) is 0 Å². The van der Waals surface area contributed by atoms with E-state index in [1.807, 2.05) is 0 Å². The maximum Gasteiger partial charge on any atom is 0.114 e. The molecule has 0 aliphatic carbocycles. The van der Waals surface area contributed by atoms with Crippen LogP contribution >= 0.6 is 0 Å². The molecule has 1 atom stereocenters.